The maximum atomic E-state index is 10.7. The summed E-state index contributed by atoms with van der Waals surface area (Å²) in [6.07, 6.45) is 11.8. The molecular formula is C12H22O2. The maximum Gasteiger partial charge on any atom is 0.305 e. The number of carbonyl (C=O) groups is 1. The van der Waals surface area contributed by atoms with Crippen LogP contribution in [0.3, 0.4) is 0 Å². The second-order valence-corrected chi connectivity index (χ2v) is 3.44. The molecule has 0 rings (SSSR count). The van der Waals surface area contributed by atoms with Crippen LogP contribution in [0.2, 0.25) is 0 Å². The highest BCUT2D eigenvalue weighted by Gasteiger charge is 1.97. The average Bonchev–Trinajstić information content (AvgIpc) is 2.21. The standard InChI is InChI=1S/C12H22O2/c1-3-4-5-6-7-8-9-10-11-12(13)14-2/h5-6H,3-4,7-11H2,1-2H3/b6-5-. The van der Waals surface area contributed by atoms with Crippen LogP contribution in [0.4, 0.5) is 0 Å². The van der Waals surface area contributed by atoms with Crippen LogP contribution in [-0.2, 0) is 9.53 Å². The third kappa shape index (κ3) is 9.30. The van der Waals surface area contributed by atoms with E-state index in [1.54, 1.807) is 0 Å². The van der Waals surface area contributed by atoms with Crippen LogP contribution in [0.15, 0.2) is 12.2 Å². The topological polar surface area (TPSA) is 26.3 Å². The molecule has 0 N–H and O–H groups in total. The second-order valence-electron chi connectivity index (χ2n) is 3.44. The van der Waals surface area contributed by atoms with Crippen molar-refractivity contribution >= 4 is 5.97 Å². The van der Waals surface area contributed by atoms with Crippen molar-refractivity contribution < 1.29 is 9.53 Å². The summed E-state index contributed by atoms with van der Waals surface area (Å²) in [6.45, 7) is 2.18. The largest absolute Gasteiger partial charge is 0.469 e. The third-order valence-electron chi connectivity index (χ3n) is 2.10. The minimum Gasteiger partial charge on any atom is -0.469 e. The minimum absolute atomic E-state index is 0.0912. The summed E-state index contributed by atoms with van der Waals surface area (Å²) in [4.78, 5) is 10.7. The fourth-order valence-electron chi connectivity index (χ4n) is 1.21. The molecule has 0 aliphatic rings. The number of hydrogen-bond acceptors (Lipinski definition) is 2. The van der Waals surface area contributed by atoms with E-state index in [1.807, 2.05) is 0 Å². The number of carbonyl (C=O) groups excluding carboxylic acids is 1. The molecule has 0 aromatic rings. The maximum absolute atomic E-state index is 10.7. The molecule has 0 heterocycles. The molecule has 14 heavy (non-hydrogen) atoms. The van der Waals surface area contributed by atoms with E-state index < -0.39 is 0 Å². The van der Waals surface area contributed by atoms with Crippen LogP contribution in [-0.4, -0.2) is 13.1 Å². The third-order valence-corrected chi connectivity index (χ3v) is 2.10. The van der Waals surface area contributed by atoms with E-state index in [0.29, 0.717) is 6.42 Å². The van der Waals surface area contributed by atoms with Gasteiger partial charge in [-0.2, -0.15) is 0 Å². The molecule has 0 bridgehead atoms. The van der Waals surface area contributed by atoms with Gasteiger partial charge in [0.1, 0.15) is 0 Å². The summed E-state index contributed by atoms with van der Waals surface area (Å²) in [5, 5.41) is 0. The Kier molecular flexibility index (Phi) is 9.71. The zero-order valence-corrected chi connectivity index (χ0v) is 9.42. The van der Waals surface area contributed by atoms with Gasteiger partial charge in [0.25, 0.3) is 0 Å². The highest BCUT2D eigenvalue weighted by Crippen LogP contribution is 2.04. The lowest BCUT2D eigenvalue weighted by molar-refractivity contribution is -0.140. The predicted octanol–water partition coefficient (Wildman–Crippen LogP) is 3.47. The number of rotatable bonds is 8. The van der Waals surface area contributed by atoms with Crippen molar-refractivity contribution in [2.24, 2.45) is 0 Å². The molecule has 0 unspecified atom stereocenters. The van der Waals surface area contributed by atoms with E-state index in [1.165, 1.54) is 26.4 Å². The van der Waals surface area contributed by atoms with Crippen molar-refractivity contribution in [1.82, 2.24) is 0 Å². The first-order valence-corrected chi connectivity index (χ1v) is 5.53. The molecule has 0 radical (unpaired) electrons. The highest BCUT2D eigenvalue weighted by atomic mass is 16.5. The smallest absolute Gasteiger partial charge is 0.305 e. The van der Waals surface area contributed by atoms with Crippen LogP contribution in [0.25, 0.3) is 0 Å². The lowest BCUT2D eigenvalue weighted by Crippen LogP contribution is -1.98. The van der Waals surface area contributed by atoms with Gasteiger partial charge in [0.05, 0.1) is 7.11 Å². The van der Waals surface area contributed by atoms with Gasteiger partial charge in [-0.3, -0.25) is 4.79 Å². The Hall–Kier alpha value is -0.790. The van der Waals surface area contributed by atoms with Gasteiger partial charge in [-0.1, -0.05) is 31.9 Å². The Morgan fingerprint density at radius 3 is 2.50 bits per heavy atom. The number of hydrogen-bond donors (Lipinski definition) is 0. The van der Waals surface area contributed by atoms with Crippen LogP contribution in [0, 0.1) is 0 Å². The van der Waals surface area contributed by atoms with Crippen molar-refractivity contribution in [3.05, 3.63) is 12.2 Å². The van der Waals surface area contributed by atoms with Gasteiger partial charge in [0.2, 0.25) is 0 Å². The number of esters is 1. The number of allylic oxidation sites excluding steroid dienone is 2. The quantitative estimate of drug-likeness (QED) is 0.339. The van der Waals surface area contributed by atoms with Gasteiger partial charge in [-0.25, -0.2) is 0 Å². The Labute approximate surface area is 87.3 Å². The normalized spacial score (nSPS) is 10.7. The Balaban J connectivity index is 3.10. The first-order chi connectivity index (χ1) is 6.81. The molecule has 0 aliphatic carbocycles. The summed E-state index contributed by atoms with van der Waals surface area (Å²) >= 11 is 0. The summed E-state index contributed by atoms with van der Waals surface area (Å²) in [6, 6.07) is 0. The molecule has 0 saturated carbocycles. The van der Waals surface area contributed by atoms with Crippen molar-refractivity contribution in [2.45, 2.75) is 51.9 Å². The van der Waals surface area contributed by atoms with Crippen LogP contribution in [0.1, 0.15) is 51.9 Å². The molecule has 0 saturated heterocycles. The first-order valence-electron chi connectivity index (χ1n) is 5.53. The second kappa shape index (κ2) is 10.3. The molecular weight excluding hydrogens is 176 g/mol. The Bertz CT molecular complexity index is 162. The zero-order chi connectivity index (χ0) is 10.6. The molecule has 0 spiro atoms. The van der Waals surface area contributed by atoms with Gasteiger partial charge >= 0.3 is 5.97 Å². The van der Waals surface area contributed by atoms with Crippen LogP contribution in [0.5, 0.6) is 0 Å². The number of ether oxygens (including phenoxy) is 1. The molecule has 0 aromatic carbocycles. The van der Waals surface area contributed by atoms with Crippen molar-refractivity contribution in [3.8, 4) is 0 Å². The van der Waals surface area contributed by atoms with Gasteiger partial charge in [0, 0.05) is 6.42 Å². The van der Waals surface area contributed by atoms with E-state index in [4.69, 9.17) is 0 Å². The molecule has 0 aliphatic heterocycles. The van der Waals surface area contributed by atoms with Crippen molar-refractivity contribution in [2.75, 3.05) is 7.11 Å². The monoisotopic (exact) mass is 198 g/mol. The van der Waals surface area contributed by atoms with Crippen LogP contribution >= 0.6 is 0 Å². The SMILES string of the molecule is CCC/C=C\CCCCCC(=O)OC. The van der Waals surface area contributed by atoms with E-state index in [0.717, 1.165) is 19.3 Å². The molecule has 0 atom stereocenters. The van der Waals surface area contributed by atoms with E-state index >= 15 is 0 Å². The molecule has 0 amide bonds. The molecule has 82 valence electrons. The lowest BCUT2D eigenvalue weighted by atomic mass is 10.1. The molecule has 2 nitrogen and oxygen atoms in total. The lowest BCUT2D eigenvalue weighted by Gasteiger charge is -1.98. The average molecular weight is 198 g/mol. The molecule has 0 fully saturated rings. The van der Waals surface area contributed by atoms with Crippen LogP contribution < -0.4 is 0 Å². The predicted molar refractivity (Wildman–Crippen MR) is 59.1 cm³/mol. The first kappa shape index (κ1) is 13.2. The summed E-state index contributed by atoms with van der Waals surface area (Å²) in [7, 11) is 1.44. The zero-order valence-electron chi connectivity index (χ0n) is 9.42. The molecule has 2 heteroatoms. The van der Waals surface area contributed by atoms with Gasteiger partial charge < -0.3 is 4.74 Å². The summed E-state index contributed by atoms with van der Waals surface area (Å²) in [5.41, 5.74) is 0. The van der Waals surface area contributed by atoms with E-state index in [2.05, 4.69) is 23.8 Å². The van der Waals surface area contributed by atoms with Gasteiger partial charge in [-0.15, -0.1) is 0 Å². The van der Waals surface area contributed by atoms with Gasteiger partial charge in [0.15, 0.2) is 0 Å². The Morgan fingerprint density at radius 1 is 1.14 bits per heavy atom. The molecule has 0 aromatic heterocycles. The minimum atomic E-state index is -0.0912. The Morgan fingerprint density at radius 2 is 1.86 bits per heavy atom. The summed E-state index contributed by atoms with van der Waals surface area (Å²) < 4.78 is 4.56. The number of unbranched alkanes of at least 4 members (excludes halogenated alkanes) is 4. The van der Waals surface area contributed by atoms with Crippen molar-refractivity contribution in [3.63, 3.8) is 0 Å². The van der Waals surface area contributed by atoms with Crippen molar-refractivity contribution in [1.29, 1.82) is 0 Å². The fraction of sp³-hybridized carbons (Fsp3) is 0.750. The van der Waals surface area contributed by atoms with E-state index in [9.17, 15) is 4.79 Å². The fourth-order valence-corrected chi connectivity index (χ4v) is 1.21. The summed E-state index contributed by atoms with van der Waals surface area (Å²) in [5.74, 6) is -0.0912. The van der Waals surface area contributed by atoms with E-state index in [-0.39, 0.29) is 5.97 Å². The van der Waals surface area contributed by atoms with Gasteiger partial charge in [-0.05, 0) is 25.7 Å². The highest BCUT2D eigenvalue weighted by molar-refractivity contribution is 5.68. The number of methoxy groups -OCH3 is 1.